The highest BCUT2D eigenvalue weighted by Gasteiger charge is 2.10. The van der Waals surface area contributed by atoms with Crippen LogP contribution in [0.3, 0.4) is 0 Å². The molecule has 3 aromatic rings. The Bertz CT molecular complexity index is 915. The van der Waals surface area contributed by atoms with E-state index >= 15 is 0 Å². The minimum atomic E-state index is -0.457. The van der Waals surface area contributed by atoms with Gasteiger partial charge in [0.1, 0.15) is 10.8 Å². The molecule has 6 nitrogen and oxygen atoms in total. The van der Waals surface area contributed by atoms with Gasteiger partial charge in [0.15, 0.2) is 0 Å². The minimum Gasteiger partial charge on any atom is -0.497 e. The highest BCUT2D eigenvalue weighted by atomic mass is 35.5. The molecule has 1 aromatic heterocycles. The van der Waals surface area contributed by atoms with Crippen LogP contribution >= 0.6 is 34.5 Å². The number of nitrogens with one attached hydrogen (secondary N) is 2. The van der Waals surface area contributed by atoms with Crippen molar-refractivity contribution in [1.29, 1.82) is 0 Å². The summed E-state index contributed by atoms with van der Waals surface area (Å²) in [6.07, 6.45) is 0.619. The van der Waals surface area contributed by atoms with Crippen molar-refractivity contribution in [2.75, 3.05) is 17.7 Å². The van der Waals surface area contributed by atoms with Crippen molar-refractivity contribution in [2.45, 2.75) is 6.42 Å². The number of methoxy groups -OCH3 is 1. The van der Waals surface area contributed by atoms with Crippen molar-refractivity contribution in [1.82, 2.24) is 10.2 Å². The zero-order valence-electron chi connectivity index (χ0n) is 13.6. The topological polar surface area (TPSA) is 76.1 Å². The van der Waals surface area contributed by atoms with Gasteiger partial charge in [-0.1, -0.05) is 46.7 Å². The molecule has 0 aliphatic carbocycles. The van der Waals surface area contributed by atoms with E-state index in [-0.39, 0.29) is 0 Å². The van der Waals surface area contributed by atoms with Crippen LogP contribution in [0.25, 0.3) is 0 Å². The number of hydrogen-bond donors (Lipinski definition) is 2. The van der Waals surface area contributed by atoms with Crippen molar-refractivity contribution in [3.8, 4) is 5.75 Å². The van der Waals surface area contributed by atoms with Crippen LogP contribution in [0, 0.1) is 0 Å². The van der Waals surface area contributed by atoms with Crippen molar-refractivity contribution in [3.63, 3.8) is 0 Å². The molecule has 0 spiro atoms. The van der Waals surface area contributed by atoms with Gasteiger partial charge in [-0.3, -0.25) is 5.32 Å². The molecule has 3 rings (SSSR count). The van der Waals surface area contributed by atoms with Gasteiger partial charge in [-0.2, -0.15) is 0 Å². The van der Waals surface area contributed by atoms with Crippen LogP contribution in [-0.4, -0.2) is 23.3 Å². The Balaban J connectivity index is 1.59. The number of carbonyl (C=O) groups excluding carboxylic acids is 1. The van der Waals surface area contributed by atoms with E-state index in [0.717, 1.165) is 16.3 Å². The molecular formula is C17H14Cl2N4O2S. The number of aromatic nitrogens is 2. The minimum absolute atomic E-state index is 0.352. The lowest BCUT2D eigenvalue weighted by atomic mass is 10.1. The van der Waals surface area contributed by atoms with E-state index in [4.69, 9.17) is 27.9 Å². The molecule has 0 fully saturated rings. The van der Waals surface area contributed by atoms with E-state index in [1.807, 2.05) is 24.3 Å². The maximum absolute atomic E-state index is 12.1. The summed E-state index contributed by atoms with van der Waals surface area (Å²) in [7, 11) is 1.62. The molecule has 9 heteroatoms. The summed E-state index contributed by atoms with van der Waals surface area (Å²) in [5.74, 6) is 0.797. The summed E-state index contributed by atoms with van der Waals surface area (Å²) in [5.41, 5.74) is 1.53. The second-order valence-corrected chi connectivity index (χ2v) is 7.13. The number of rotatable bonds is 5. The Morgan fingerprint density at radius 3 is 2.58 bits per heavy atom. The van der Waals surface area contributed by atoms with Gasteiger partial charge in [-0.05, 0) is 35.9 Å². The summed E-state index contributed by atoms with van der Waals surface area (Å²) < 4.78 is 5.13. The molecule has 2 amide bonds. The first-order valence-corrected chi connectivity index (χ1v) is 9.09. The Morgan fingerprint density at radius 1 is 1.12 bits per heavy atom. The predicted octanol–water partition coefficient (Wildman–Crippen LogP) is 5.09. The second kappa shape index (κ2) is 8.35. The number of carbonyl (C=O) groups is 1. The van der Waals surface area contributed by atoms with E-state index in [9.17, 15) is 4.79 Å². The molecule has 134 valence electrons. The number of anilines is 2. The largest absolute Gasteiger partial charge is 0.497 e. The molecule has 0 radical (unpaired) electrons. The lowest BCUT2D eigenvalue weighted by Crippen LogP contribution is -2.19. The Kier molecular flexibility index (Phi) is 5.92. The highest BCUT2D eigenvalue weighted by molar-refractivity contribution is 7.15. The fraction of sp³-hybridized carbons (Fsp3) is 0.118. The number of nitrogens with zero attached hydrogens (tertiary/aromatic N) is 2. The fourth-order valence-electron chi connectivity index (χ4n) is 2.14. The van der Waals surface area contributed by atoms with Crippen LogP contribution in [-0.2, 0) is 6.42 Å². The van der Waals surface area contributed by atoms with Gasteiger partial charge in [-0.25, -0.2) is 4.79 Å². The first-order valence-electron chi connectivity index (χ1n) is 7.52. The normalized spacial score (nSPS) is 10.4. The van der Waals surface area contributed by atoms with Gasteiger partial charge >= 0.3 is 6.03 Å². The monoisotopic (exact) mass is 408 g/mol. The lowest BCUT2D eigenvalue weighted by molar-refractivity contribution is 0.262. The zero-order valence-corrected chi connectivity index (χ0v) is 16.0. The quantitative estimate of drug-likeness (QED) is 0.616. The smallest absolute Gasteiger partial charge is 0.325 e. The van der Waals surface area contributed by atoms with Crippen LogP contribution in [0.4, 0.5) is 15.6 Å². The Labute approximate surface area is 164 Å². The number of hydrogen-bond acceptors (Lipinski definition) is 5. The van der Waals surface area contributed by atoms with E-state index in [1.165, 1.54) is 11.3 Å². The van der Waals surface area contributed by atoms with E-state index in [1.54, 1.807) is 25.3 Å². The number of urea groups is 1. The van der Waals surface area contributed by atoms with Crippen LogP contribution in [0.5, 0.6) is 5.75 Å². The molecular weight excluding hydrogens is 395 g/mol. The third-order valence-electron chi connectivity index (χ3n) is 3.38. The first kappa shape index (κ1) is 18.4. The van der Waals surface area contributed by atoms with Gasteiger partial charge in [0, 0.05) is 11.4 Å². The molecule has 0 bridgehead atoms. The third-order valence-corrected chi connectivity index (χ3v) is 4.77. The van der Waals surface area contributed by atoms with Gasteiger partial charge in [0.25, 0.3) is 0 Å². The molecule has 0 aliphatic heterocycles. The molecule has 0 atom stereocenters. The third kappa shape index (κ3) is 4.85. The summed E-state index contributed by atoms with van der Waals surface area (Å²) in [6.45, 7) is 0. The average Bonchev–Trinajstić information content (AvgIpc) is 3.05. The van der Waals surface area contributed by atoms with Crippen molar-refractivity contribution < 1.29 is 9.53 Å². The average molecular weight is 409 g/mol. The molecule has 0 unspecified atom stereocenters. The second-order valence-electron chi connectivity index (χ2n) is 5.23. The zero-order chi connectivity index (χ0) is 18.5. The number of amides is 2. The van der Waals surface area contributed by atoms with Gasteiger partial charge < -0.3 is 10.1 Å². The van der Waals surface area contributed by atoms with Crippen LogP contribution in [0.1, 0.15) is 10.6 Å². The van der Waals surface area contributed by atoms with E-state index < -0.39 is 6.03 Å². The molecule has 0 saturated carbocycles. The Morgan fingerprint density at radius 2 is 1.88 bits per heavy atom. The van der Waals surface area contributed by atoms with E-state index in [2.05, 4.69) is 20.8 Å². The first-order chi connectivity index (χ1) is 12.5. The van der Waals surface area contributed by atoms with Gasteiger partial charge in [-0.15, -0.1) is 10.2 Å². The number of benzene rings is 2. The van der Waals surface area contributed by atoms with Crippen LogP contribution < -0.4 is 15.4 Å². The van der Waals surface area contributed by atoms with Crippen LogP contribution in [0.2, 0.25) is 10.0 Å². The summed E-state index contributed by atoms with van der Waals surface area (Å²) in [6, 6.07) is 12.1. The standard InChI is InChI=1S/C17H14Cl2N4O2S/c1-25-12-5-2-10(3-6-12)8-15-22-23-17(26-15)21-16(24)20-14-7-4-11(18)9-13(14)19/h2-7,9H,8H2,1H3,(H2,20,21,23,24). The van der Waals surface area contributed by atoms with Crippen molar-refractivity contribution in [2.24, 2.45) is 0 Å². The molecule has 0 aliphatic rings. The van der Waals surface area contributed by atoms with Crippen molar-refractivity contribution >= 4 is 51.4 Å². The summed E-state index contributed by atoms with van der Waals surface area (Å²) >= 11 is 13.2. The Hall–Kier alpha value is -2.35. The maximum atomic E-state index is 12.1. The number of halogens is 2. The van der Waals surface area contributed by atoms with Gasteiger partial charge in [0.2, 0.25) is 5.13 Å². The molecule has 2 N–H and O–H groups in total. The molecule has 2 aromatic carbocycles. The fourth-order valence-corrected chi connectivity index (χ4v) is 3.36. The van der Waals surface area contributed by atoms with Gasteiger partial charge in [0.05, 0.1) is 17.8 Å². The van der Waals surface area contributed by atoms with E-state index in [0.29, 0.717) is 27.3 Å². The van der Waals surface area contributed by atoms with Crippen LogP contribution in [0.15, 0.2) is 42.5 Å². The lowest BCUT2D eigenvalue weighted by Gasteiger charge is -2.07. The SMILES string of the molecule is COc1ccc(Cc2nnc(NC(=O)Nc3ccc(Cl)cc3Cl)s2)cc1. The molecule has 1 heterocycles. The van der Waals surface area contributed by atoms with Crippen molar-refractivity contribution in [3.05, 3.63) is 63.1 Å². The molecule has 26 heavy (non-hydrogen) atoms. The molecule has 0 saturated heterocycles. The maximum Gasteiger partial charge on any atom is 0.325 e. The highest BCUT2D eigenvalue weighted by Crippen LogP contribution is 2.26. The summed E-state index contributed by atoms with van der Waals surface area (Å²) in [5, 5.41) is 15.4. The number of ether oxygens (including phenoxy) is 1. The predicted molar refractivity (Wildman–Crippen MR) is 105 cm³/mol. The summed E-state index contributed by atoms with van der Waals surface area (Å²) in [4.78, 5) is 12.1.